The van der Waals surface area contributed by atoms with Gasteiger partial charge in [-0.15, -0.1) is 0 Å². The van der Waals surface area contributed by atoms with Crippen molar-refractivity contribution in [3.63, 3.8) is 0 Å². The van der Waals surface area contributed by atoms with E-state index in [4.69, 9.17) is 4.42 Å². The number of esters is 1. The number of rotatable bonds is 5. The zero-order valence-corrected chi connectivity index (χ0v) is 10.6. The largest absolute Gasteiger partial charge is 0.457 e. The Morgan fingerprint density at radius 2 is 2.35 bits per heavy atom. The van der Waals surface area contributed by atoms with Crippen LogP contribution in [0.2, 0.25) is 0 Å². The van der Waals surface area contributed by atoms with Crippen molar-refractivity contribution >= 4 is 33.3 Å². The molecule has 2 aromatic heterocycles. The second-order valence-corrected chi connectivity index (χ2v) is 4.37. The molecule has 2 rings (SSSR count). The molecule has 104 valence electrons. The molecular weight excluding hydrogens is 290 g/mol. The molecule has 0 aromatic carbocycles. The number of furan rings is 1. The van der Waals surface area contributed by atoms with Gasteiger partial charge in [0, 0.05) is 0 Å². The fourth-order valence-electron chi connectivity index (χ4n) is 1.16. The van der Waals surface area contributed by atoms with E-state index in [1.165, 1.54) is 18.4 Å². The van der Waals surface area contributed by atoms with E-state index < -0.39 is 23.4 Å². The summed E-state index contributed by atoms with van der Waals surface area (Å²) >= 11 is 0.700. The van der Waals surface area contributed by atoms with E-state index in [2.05, 4.69) is 15.0 Å². The molecule has 9 nitrogen and oxygen atoms in total. The molecule has 0 saturated carbocycles. The number of carbonyl (C=O) groups excluding carboxylic acids is 2. The van der Waals surface area contributed by atoms with Gasteiger partial charge in [0.05, 0.1) is 11.2 Å². The maximum absolute atomic E-state index is 11.4. The molecule has 0 radical (unpaired) electrons. The van der Waals surface area contributed by atoms with Gasteiger partial charge in [0.1, 0.15) is 6.20 Å². The predicted molar refractivity (Wildman–Crippen MR) is 66.4 cm³/mol. The molecule has 2 heterocycles. The molecule has 2 aromatic rings. The fourth-order valence-corrected chi connectivity index (χ4v) is 1.81. The van der Waals surface area contributed by atoms with E-state index in [0.29, 0.717) is 11.3 Å². The van der Waals surface area contributed by atoms with Crippen molar-refractivity contribution in [2.45, 2.75) is 0 Å². The first-order valence-corrected chi connectivity index (χ1v) is 5.98. The number of carbonyl (C=O) groups is 2. The predicted octanol–water partition coefficient (Wildman–Crippen LogP) is 1.44. The minimum Gasteiger partial charge on any atom is -0.457 e. The van der Waals surface area contributed by atoms with Crippen molar-refractivity contribution < 1.29 is 23.7 Å². The molecule has 0 unspecified atom stereocenters. The molecule has 1 N–H and O–H groups in total. The number of thiazole rings is 1. The average Bonchev–Trinajstić information content (AvgIpc) is 3.06. The summed E-state index contributed by atoms with van der Waals surface area (Å²) in [6.07, 6.45) is 2.32. The van der Waals surface area contributed by atoms with Crippen molar-refractivity contribution in [1.82, 2.24) is 4.98 Å². The highest BCUT2D eigenvalue weighted by Crippen LogP contribution is 2.24. The lowest BCUT2D eigenvalue weighted by Gasteiger charge is -2.02. The second kappa shape index (κ2) is 5.93. The summed E-state index contributed by atoms with van der Waals surface area (Å²) in [5.41, 5.74) is 0. The summed E-state index contributed by atoms with van der Waals surface area (Å²) in [6, 6.07) is 2.90. The van der Waals surface area contributed by atoms with Gasteiger partial charge in [-0.05, 0) is 23.5 Å². The average molecular weight is 297 g/mol. The number of nitrogens with zero attached hydrogens (tertiary/aromatic N) is 2. The zero-order valence-electron chi connectivity index (χ0n) is 9.77. The summed E-state index contributed by atoms with van der Waals surface area (Å²) in [5.74, 6) is -1.47. The lowest BCUT2D eigenvalue weighted by atomic mass is 10.4. The minimum absolute atomic E-state index is 0.0253. The number of aromatic nitrogens is 1. The molecule has 0 aliphatic heterocycles. The highest BCUT2D eigenvalue weighted by molar-refractivity contribution is 7.18. The molecule has 0 fully saturated rings. The number of amides is 1. The third-order valence-electron chi connectivity index (χ3n) is 1.98. The Labute approximate surface area is 115 Å². The van der Waals surface area contributed by atoms with Crippen LogP contribution in [-0.4, -0.2) is 28.4 Å². The van der Waals surface area contributed by atoms with Crippen molar-refractivity contribution in [2.75, 3.05) is 11.9 Å². The Hall–Kier alpha value is -2.75. The Bertz CT molecular complexity index is 635. The molecule has 0 aliphatic rings. The van der Waals surface area contributed by atoms with Gasteiger partial charge in [-0.25, -0.2) is 9.78 Å². The number of ether oxygens (including phenoxy) is 1. The number of nitro groups is 1. The first-order chi connectivity index (χ1) is 9.56. The number of nitrogens with one attached hydrogen (secondary N) is 1. The topological polar surface area (TPSA) is 125 Å². The molecule has 0 spiro atoms. The first-order valence-electron chi connectivity index (χ1n) is 5.17. The van der Waals surface area contributed by atoms with Crippen LogP contribution in [0.4, 0.5) is 10.1 Å². The molecule has 1 amide bonds. The van der Waals surface area contributed by atoms with Gasteiger partial charge in [0.25, 0.3) is 5.91 Å². The molecule has 10 heteroatoms. The van der Waals surface area contributed by atoms with Crippen LogP contribution in [0.5, 0.6) is 0 Å². The molecule has 0 aliphatic carbocycles. The van der Waals surface area contributed by atoms with Crippen molar-refractivity contribution in [2.24, 2.45) is 0 Å². The van der Waals surface area contributed by atoms with Gasteiger partial charge in [-0.2, -0.15) is 0 Å². The van der Waals surface area contributed by atoms with Gasteiger partial charge in [0.2, 0.25) is 5.76 Å². The summed E-state index contributed by atoms with van der Waals surface area (Å²) in [4.78, 5) is 36.3. The van der Waals surface area contributed by atoms with Crippen LogP contribution in [0.1, 0.15) is 10.6 Å². The lowest BCUT2D eigenvalue weighted by molar-refractivity contribution is -0.380. The van der Waals surface area contributed by atoms with Crippen molar-refractivity contribution in [3.8, 4) is 0 Å². The fraction of sp³-hybridized carbons (Fsp3) is 0.100. The van der Waals surface area contributed by atoms with Crippen LogP contribution < -0.4 is 5.32 Å². The van der Waals surface area contributed by atoms with Crippen LogP contribution in [-0.2, 0) is 9.53 Å². The van der Waals surface area contributed by atoms with Crippen molar-refractivity contribution in [1.29, 1.82) is 0 Å². The summed E-state index contributed by atoms with van der Waals surface area (Å²) < 4.78 is 9.46. The number of hydrogen-bond acceptors (Lipinski definition) is 8. The number of anilines is 1. The summed E-state index contributed by atoms with van der Waals surface area (Å²) in [5, 5.41) is 12.6. The Morgan fingerprint density at radius 3 is 2.95 bits per heavy atom. The highest BCUT2D eigenvalue weighted by Gasteiger charge is 2.15. The van der Waals surface area contributed by atoms with E-state index in [1.807, 2.05) is 0 Å². The normalized spacial score (nSPS) is 10.0. The Morgan fingerprint density at radius 1 is 1.55 bits per heavy atom. The third-order valence-corrected chi connectivity index (χ3v) is 2.84. The Balaban J connectivity index is 1.83. The van der Waals surface area contributed by atoms with Gasteiger partial charge in [-0.1, -0.05) is 0 Å². The molecule has 0 atom stereocenters. The summed E-state index contributed by atoms with van der Waals surface area (Å²) in [6.45, 7) is -0.549. The number of hydrogen-bond donors (Lipinski definition) is 1. The maximum atomic E-state index is 11.4. The molecule has 0 saturated heterocycles. The zero-order chi connectivity index (χ0) is 14.5. The lowest BCUT2D eigenvalue weighted by Crippen LogP contribution is -2.20. The first kappa shape index (κ1) is 13.7. The van der Waals surface area contributed by atoms with Crippen LogP contribution in [0.25, 0.3) is 0 Å². The van der Waals surface area contributed by atoms with Gasteiger partial charge in [-0.3, -0.25) is 20.2 Å². The van der Waals surface area contributed by atoms with E-state index in [9.17, 15) is 19.7 Å². The SMILES string of the molecule is O=C(COC(=O)c1ccco1)Nc1ncc([N+](=O)[O-])s1. The molecule has 0 bridgehead atoms. The third kappa shape index (κ3) is 3.38. The Kier molecular flexibility index (Phi) is 4.05. The van der Waals surface area contributed by atoms with Crippen LogP contribution >= 0.6 is 11.3 Å². The van der Waals surface area contributed by atoms with Crippen LogP contribution in [0, 0.1) is 10.1 Å². The van der Waals surface area contributed by atoms with Gasteiger partial charge in [0.15, 0.2) is 11.7 Å². The molecule has 20 heavy (non-hydrogen) atoms. The van der Waals surface area contributed by atoms with Crippen molar-refractivity contribution in [3.05, 3.63) is 40.5 Å². The highest BCUT2D eigenvalue weighted by atomic mass is 32.1. The second-order valence-electron chi connectivity index (χ2n) is 3.36. The smallest absolute Gasteiger partial charge is 0.374 e. The standard InChI is InChI=1S/C10H7N3O6S/c14-7(5-19-9(15)6-2-1-3-18-6)12-10-11-4-8(20-10)13(16)17/h1-4H,5H2,(H,11,12,14). The monoisotopic (exact) mass is 297 g/mol. The van der Waals surface area contributed by atoms with E-state index >= 15 is 0 Å². The minimum atomic E-state index is -0.782. The van der Waals surface area contributed by atoms with Crippen LogP contribution in [0.15, 0.2) is 29.0 Å². The van der Waals surface area contributed by atoms with E-state index in [-0.39, 0.29) is 15.9 Å². The van der Waals surface area contributed by atoms with E-state index in [0.717, 1.165) is 6.20 Å². The van der Waals surface area contributed by atoms with Crippen LogP contribution in [0.3, 0.4) is 0 Å². The van der Waals surface area contributed by atoms with E-state index in [1.54, 1.807) is 0 Å². The van der Waals surface area contributed by atoms with Gasteiger partial charge < -0.3 is 9.15 Å². The quantitative estimate of drug-likeness (QED) is 0.502. The van der Waals surface area contributed by atoms with Gasteiger partial charge >= 0.3 is 11.0 Å². The maximum Gasteiger partial charge on any atom is 0.374 e. The molecular formula is C10H7N3O6S. The summed E-state index contributed by atoms with van der Waals surface area (Å²) in [7, 11) is 0.